The van der Waals surface area contributed by atoms with E-state index in [0.29, 0.717) is 43.5 Å². The summed E-state index contributed by atoms with van der Waals surface area (Å²) in [6.45, 7) is 5.06. The second-order valence-electron chi connectivity index (χ2n) is 8.22. The molecule has 2 aromatic carbocycles. The number of halogens is 3. The Kier molecular flexibility index (Phi) is 7.06. The fraction of sp³-hybridized carbons (Fsp3) is 0.391. The summed E-state index contributed by atoms with van der Waals surface area (Å²) < 4.78 is 69.3. The first kappa shape index (κ1) is 24.4. The van der Waals surface area contributed by atoms with Gasteiger partial charge in [-0.15, -0.1) is 0 Å². The molecular weight excluding hydrogens is 469 g/mol. The van der Waals surface area contributed by atoms with Crippen molar-refractivity contribution in [3.8, 4) is 11.4 Å². The highest BCUT2D eigenvalue weighted by atomic mass is 32.2. The van der Waals surface area contributed by atoms with Crippen LogP contribution in [0.3, 0.4) is 0 Å². The fourth-order valence-electron chi connectivity index (χ4n) is 3.88. The Bertz CT molecular complexity index is 1210. The zero-order chi connectivity index (χ0) is 24.3. The van der Waals surface area contributed by atoms with Gasteiger partial charge in [0.05, 0.1) is 22.3 Å². The monoisotopic (exact) mass is 494 g/mol. The smallest absolute Gasteiger partial charge is 0.337 e. The zero-order valence-corrected chi connectivity index (χ0v) is 19.4. The van der Waals surface area contributed by atoms with E-state index in [1.807, 2.05) is 6.92 Å². The number of hydrogen-bond acceptors (Lipinski definition) is 7. The lowest BCUT2D eigenvalue weighted by Crippen LogP contribution is -2.48. The Labute approximate surface area is 196 Å². The maximum Gasteiger partial charge on any atom is 0.416 e. The highest BCUT2D eigenvalue weighted by molar-refractivity contribution is 7.91. The Balaban J connectivity index is 1.33. The quantitative estimate of drug-likeness (QED) is 0.493. The van der Waals surface area contributed by atoms with Crippen molar-refractivity contribution in [2.24, 2.45) is 0 Å². The molecule has 1 aliphatic heterocycles. The molecule has 0 saturated carbocycles. The second kappa shape index (κ2) is 9.85. The molecule has 182 valence electrons. The first-order chi connectivity index (χ1) is 16.1. The van der Waals surface area contributed by atoms with E-state index in [0.717, 1.165) is 12.1 Å². The lowest BCUT2D eigenvalue weighted by Gasteiger charge is -2.36. The Morgan fingerprint density at radius 1 is 1.03 bits per heavy atom. The molecule has 1 fully saturated rings. The summed E-state index contributed by atoms with van der Waals surface area (Å²) in [4.78, 5) is 8.88. The van der Waals surface area contributed by atoms with Gasteiger partial charge in [-0.2, -0.15) is 18.2 Å². The molecule has 34 heavy (non-hydrogen) atoms. The van der Waals surface area contributed by atoms with Crippen LogP contribution in [0.25, 0.3) is 11.4 Å². The molecule has 3 aromatic rings. The van der Waals surface area contributed by atoms with Crippen molar-refractivity contribution >= 4 is 9.84 Å². The molecule has 7 nitrogen and oxygen atoms in total. The van der Waals surface area contributed by atoms with Crippen LogP contribution in [0.4, 0.5) is 13.2 Å². The maximum absolute atomic E-state index is 13.0. The molecule has 0 spiro atoms. The van der Waals surface area contributed by atoms with Gasteiger partial charge in [0, 0.05) is 38.3 Å². The number of sulfone groups is 1. The molecule has 0 amide bonds. The Hall–Kier alpha value is -2.76. The van der Waals surface area contributed by atoms with Crippen molar-refractivity contribution in [1.29, 1.82) is 0 Å². The summed E-state index contributed by atoms with van der Waals surface area (Å²) in [5, 5.41) is 3.87. The average Bonchev–Trinajstić information content (AvgIpc) is 3.33. The van der Waals surface area contributed by atoms with Gasteiger partial charge in [0.1, 0.15) is 0 Å². The van der Waals surface area contributed by atoms with Crippen LogP contribution in [0.15, 0.2) is 64.0 Å². The molecule has 1 aromatic heterocycles. The lowest BCUT2D eigenvalue weighted by atomic mass is 10.1. The molecule has 0 radical (unpaired) electrons. The van der Waals surface area contributed by atoms with Gasteiger partial charge in [0.2, 0.25) is 11.7 Å². The third-order valence-electron chi connectivity index (χ3n) is 5.98. The van der Waals surface area contributed by atoms with E-state index in [-0.39, 0.29) is 23.2 Å². The molecule has 2 heterocycles. The van der Waals surface area contributed by atoms with Gasteiger partial charge in [-0.3, -0.25) is 9.80 Å². The molecule has 1 unspecified atom stereocenters. The zero-order valence-electron chi connectivity index (χ0n) is 18.6. The van der Waals surface area contributed by atoms with Crippen molar-refractivity contribution < 1.29 is 26.1 Å². The number of alkyl halides is 3. The van der Waals surface area contributed by atoms with E-state index in [1.165, 1.54) is 12.1 Å². The molecule has 11 heteroatoms. The van der Waals surface area contributed by atoms with Crippen LogP contribution in [0.2, 0.25) is 0 Å². The minimum absolute atomic E-state index is 0.0522. The van der Waals surface area contributed by atoms with E-state index < -0.39 is 21.6 Å². The van der Waals surface area contributed by atoms with Crippen LogP contribution in [0.1, 0.15) is 24.4 Å². The number of rotatable bonds is 7. The summed E-state index contributed by atoms with van der Waals surface area (Å²) in [5.41, 5.74) is -0.531. The highest BCUT2D eigenvalue weighted by Gasteiger charge is 2.31. The highest BCUT2D eigenvalue weighted by Crippen LogP contribution is 2.32. The van der Waals surface area contributed by atoms with Crippen molar-refractivity contribution in [1.82, 2.24) is 19.9 Å². The Morgan fingerprint density at radius 2 is 1.74 bits per heavy atom. The predicted molar refractivity (Wildman–Crippen MR) is 120 cm³/mol. The van der Waals surface area contributed by atoms with Crippen molar-refractivity contribution in [3.63, 3.8) is 0 Å². The van der Waals surface area contributed by atoms with Gasteiger partial charge in [0.25, 0.3) is 0 Å². The average molecular weight is 495 g/mol. The standard InChI is InChI=1S/C23H25F3N4O3S/c1-17(22-27-21(28-33-22)18-6-5-7-19(16-18)23(24,25)26)30-12-10-29(11-13-30)14-15-34(31,32)20-8-3-2-4-9-20/h2-9,16-17H,10-15H2,1H3. The topological polar surface area (TPSA) is 79.5 Å². The van der Waals surface area contributed by atoms with E-state index in [9.17, 15) is 21.6 Å². The maximum atomic E-state index is 13.0. The fourth-order valence-corrected chi connectivity index (χ4v) is 5.19. The first-order valence-electron chi connectivity index (χ1n) is 10.9. The Morgan fingerprint density at radius 3 is 2.41 bits per heavy atom. The minimum Gasteiger partial charge on any atom is -0.337 e. The molecule has 1 atom stereocenters. The van der Waals surface area contributed by atoms with E-state index in [2.05, 4.69) is 19.9 Å². The number of aromatic nitrogens is 2. The van der Waals surface area contributed by atoms with Crippen LogP contribution in [-0.4, -0.2) is 66.8 Å². The predicted octanol–water partition coefficient (Wildman–Crippen LogP) is 3.91. The van der Waals surface area contributed by atoms with Gasteiger partial charge in [0.15, 0.2) is 9.84 Å². The third kappa shape index (κ3) is 5.65. The first-order valence-corrected chi connectivity index (χ1v) is 12.5. The molecule has 4 rings (SSSR count). The van der Waals surface area contributed by atoms with Crippen molar-refractivity contribution in [2.75, 3.05) is 38.5 Å². The van der Waals surface area contributed by atoms with Crippen LogP contribution < -0.4 is 0 Å². The second-order valence-corrected chi connectivity index (χ2v) is 10.3. The van der Waals surface area contributed by atoms with E-state index >= 15 is 0 Å². The van der Waals surface area contributed by atoms with Gasteiger partial charge in [-0.25, -0.2) is 8.42 Å². The minimum atomic E-state index is -4.45. The van der Waals surface area contributed by atoms with Crippen LogP contribution in [0.5, 0.6) is 0 Å². The normalized spacial score (nSPS) is 17.1. The number of piperazine rings is 1. The van der Waals surface area contributed by atoms with Crippen molar-refractivity contribution in [2.45, 2.75) is 24.0 Å². The largest absolute Gasteiger partial charge is 0.416 e. The SMILES string of the molecule is CC(c1nc(-c2cccc(C(F)(F)F)c2)no1)N1CCN(CCS(=O)(=O)c2ccccc2)CC1. The van der Waals surface area contributed by atoms with Crippen LogP contribution >= 0.6 is 0 Å². The van der Waals surface area contributed by atoms with Gasteiger partial charge in [-0.05, 0) is 31.2 Å². The number of hydrogen-bond donors (Lipinski definition) is 0. The van der Waals surface area contributed by atoms with Gasteiger partial charge < -0.3 is 4.52 Å². The summed E-state index contributed by atoms with van der Waals surface area (Å²) in [5.74, 6) is 0.488. The van der Waals surface area contributed by atoms with E-state index in [1.54, 1.807) is 30.3 Å². The summed E-state index contributed by atoms with van der Waals surface area (Å²) >= 11 is 0. The number of nitrogens with zero attached hydrogens (tertiary/aromatic N) is 4. The molecule has 0 bridgehead atoms. The summed E-state index contributed by atoms with van der Waals surface area (Å²) in [6.07, 6.45) is -4.45. The van der Waals surface area contributed by atoms with E-state index in [4.69, 9.17) is 4.52 Å². The molecule has 1 saturated heterocycles. The molecular formula is C23H25F3N4O3S. The third-order valence-corrected chi connectivity index (χ3v) is 7.69. The summed E-state index contributed by atoms with van der Waals surface area (Å²) in [6, 6.07) is 13.0. The van der Waals surface area contributed by atoms with Gasteiger partial charge >= 0.3 is 6.18 Å². The van der Waals surface area contributed by atoms with Crippen LogP contribution in [0, 0.1) is 0 Å². The van der Waals surface area contributed by atoms with Crippen molar-refractivity contribution in [3.05, 3.63) is 66.1 Å². The molecule has 0 N–H and O–H groups in total. The number of benzene rings is 2. The molecule has 1 aliphatic rings. The summed E-state index contributed by atoms with van der Waals surface area (Å²) in [7, 11) is -3.33. The van der Waals surface area contributed by atoms with Crippen LogP contribution in [-0.2, 0) is 16.0 Å². The van der Waals surface area contributed by atoms with Gasteiger partial charge in [-0.1, -0.05) is 35.5 Å². The lowest BCUT2D eigenvalue weighted by molar-refractivity contribution is -0.137. The molecule has 0 aliphatic carbocycles.